The molecule has 0 spiro atoms. The number of rotatable bonds is 7. The first kappa shape index (κ1) is 21.6. The number of aliphatic hydroxyl groups is 1. The van der Waals surface area contributed by atoms with Crippen molar-refractivity contribution in [2.24, 2.45) is 0 Å². The minimum Gasteiger partial charge on any atom is -0.488 e. The molecule has 2 aromatic heterocycles. The van der Waals surface area contributed by atoms with Crippen LogP contribution >= 0.6 is 0 Å². The fourth-order valence-electron chi connectivity index (χ4n) is 3.27. The molecule has 0 atom stereocenters. The van der Waals surface area contributed by atoms with Gasteiger partial charge >= 0.3 is 7.12 Å². The van der Waals surface area contributed by atoms with Crippen LogP contribution in [0.2, 0.25) is 0 Å². The molecule has 1 aliphatic rings. The first-order valence-electron chi connectivity index (χ1n) is 10.4. The molecule has 1 aliphatic heterocycles. The normalized spacial score (nSPS) is 17.1. The van der Waals surface area contributed by atoms with E-state index < -0.39 is 7.12 Å². The highest BCUT2D eigenvalue weighted by atomic mass is 16.7. The number of pyridine rings is 2. The highest BCUT2D eigenvalue weighted by Gasteiger charge is 2.51. The van der Waals surface area contributed by atoms with Crippen LogP contribution in [0.3, 0.4) is 0 Å². The summed E-state index contributed by atoms with van der Waals surface area (Å²) >= 11 is 0. The SMILES string of the molecule is CC1(C)OB(c2ccc3ncc(OCCOc4cccc(CO)n4)cc3c2)OC1(C)C. The number of ether oxygens (including phenoxy) is 2. The zero-order chi connectivity index (χ0) is 22.1. The molecule has 0 amide bonds. The van der Waals surface area contributed by atoms with Crippen molar-refractivity contribution in [1.29, 1.82) is 0 Å². The molecular weight excluding hydrogens is 395 g/mol. The van der Waals surface area contributed by atoms with Crippen LogP contribution in [-0.2, 0) is 15.9 Å². The summed E-state index contributed by atoms with van der Waals surface area (Å²) in [5.74, 6) is 1.11. The Morgan fingerprint density at radius 3 is 2.45 bits per heavy atom. The zero-order valence-electron chi connectivity index (χ0n) is 18.3. The highest BCUT2D eigenvalue weighted by molar-refractivity contribution is 6.62. The van der Waals surface area contributed by atoms with E-state index in [1.165, 1.54) is 0 Å². The molecule has 0 saturated carbocycles. The van der Waals surface area contributed by atoms with E-state index in [0.29, 0.717) is 30.5 Å². The van der Waals surface area contributed by atoms with Crippen molar-refractivity contribution in [2.75, 3.05) is 13.2 Å². The van der Waals surface area contributed by atoms with E-state index in [0.717, 1.165) is 16.4 Å². The van der Waals surface area contributed by atoms with Gasteiger partial charge in [0.15, 0.2) is 0 Å². The lowest BCUT2D eigenvalue weighted by Gasteiger charge is -2.32. The number of fused-ring (bicyclic) bond motifs is 1. The highest BCUT2D eigenvalue weighted by Crippen LogP contribution is 2.36. The molecule has 1 saturated heterocycles. The maximum absolute atomic E-state index is 9.14. The summed E-state index contributed by atoms with van der Waals surface area (Å²) in [5.41, 5.74) is 1.61. The Kier molecular flexibility index (Phi) is 5.88. The maximum atomic E-state index is 9.14. The van der Waals surface area contributed by atoms with Gasteiger partial charge in [-0.25, -0.2) is 4.98 Å². The Labute approximate surface area is 182 Å². The van der Waals surface area contributed by atoms with Crippen LogP contribution in [-0.4, -0.2) is 46.6 Å². The minimum absolute atomic E-state index is 0.121. The van der Waals surface area contributed by atoms with Gasteiger partial charge in [0.2, 0.25) is 5.88 Å². The fraction of sp³-hybridized carbons (Fsp3) is 0.391. The second-order valence-electron chi connectivity index (χ2n) is 8.53. The Hall–Kier alpha value is -2.68. The molecule has 0 unspecified atom stereocenters. The van der Waals surface area contributed by atoms with E-state index in [1.807, 2.05) is 52.0 Å². The van der Waals surface area contributed by atoms with Crippen molar-refractivity contribution in [1.82, 2.24) is 9.97 Å². The summed E-state index contributed by atoms with van der Waals surface area (Å²) in [7, 11) is -0.422. The van der Waals surface area contributed by atoms with E-state index in [-0.39, 0.29) is 17.8 Å². The average molecular weight is 422 g/mol. The Balaban J connectivity index is 1.40. The second kappa shape index (κ2) is 8.46. The third-order valence-electron chi connectivity index (χ3n) is 5.75. The number of aliphatic hydroxyl groups excluding tert-OH is 1. The van der Waals surface area contributed by atoms with Crippen molar-refractivity contribution in [2.45, 2.75) is 45.5 Å². The van der Waals surface area contributed by atoms with Crippen molar-refractivity contribution in [3.05, 3.63) is 54.4 Å². The van der Waals surface area contributed by atoms with E-state index in [1.54, 1.807) is 24.4 Å². The van der Waals surface area contributed by atoms with Crippen LogP contribution in [0.5, 0.6) is 11.6 Å². The van der Waals surface area contributed by atoms with Gasteiger partial charge in [-0.05, 0) is 51.4 Å². The standard InChI is InChI=1S/C23H27BN2O5/c1-22(2)23(3,4)31-24(30-22)17-8-9-20-16(12-17)13-19(14-25-20)28-10-11-29-21-7-5-6-18(15-27)26-21/h5-9,12-14,27H,10-11,15H2,1-4H3. The maximum Gasteiger partial charge on any atom is 0.494 e. The quantitative estimate of drug-likeness (QED) is 0.463. The fourth-order valence-corrected chi connectivity index (χ4v) is 3.27. The molecule has 8 heteroatoms. The molecular formula is C23H27BN2O5. The van der Waals surface area contributed by atoms with Crippen molar-refractivity contribution < 1.29 is 23.9 Å². The van der Waals surface area contributed by atoms with E-state index in [4.69, 9.17) is 23.9 Å². The predicted octanol–water partition coefficient (Wildman–Crippen LogP) is 2.88. The summed E-state index contributed by atoms with van der Waals surface area (Å²) in [5, 5.41) is 10.1. The summed E-state index contributed by atoms with van der Waals surface area (Å²) in [4.78, 5) is 8.66. The molecule has 31 heavy (non-hydrogen) atoms. The molecule has 7 nitrogen and oxygen atoms in total. The van der Waals surface area contributed by atoms with Crippen molar-refractivity contribution >= 4 is 23.5 Å². The van der Waals surface area contributed by atoms with E-state index in [2.05, 4.69) is 9.97 Å². The van der Waals surface area contributed by atoms with Crippen LogP contribution in [0.25, 0.3) is 10.9 Å². The topological polar surface area (TPSA) is 82.9 Å². The Morgan fingerprint density at radius 1 is 0.968 bits per heavy atom. The van der Waals surface area contributed by atoms with Gasteiger partial charge in [-0.15, -0.1) is 0 Å². The molecule has 0 bridgehead atoms. The Morgan fingerprint density at radius 2 is 1.71 bits per heavy atom. The lowest BCUT2D eigenvalue weighted by Crippen LogP contribution is -2.41. The smallest absolute Gasteiger partial charge is 0.488 e. The van der Waals surface area contributed by atoms with E-state index in [9.17, 15) is 0 Å². The Bertz CT molecular complexity index is 1060. The number of aromatic nitrogens is 2. The van der Waals surface area contributed by atoms with Crippen molar-refractivity contribution in [3.63, 3.8) is 0 Å². The number of hydrogen-bond acceptors (Lipinski definition) is 7. The average Bonchev–Trinajstić information content (AvgIpc) is 2.98. The molecule has 0 radical (unpaired) electrons. The monoisotopic (exact) mass is 422 g/mol. The molecule has 4 rings (SSSR count). The van der Waals surface area contributed by atoms with Gasteiger partial charge in [-0.2, -0.15) is 0 Å². The van der Waals surface area contributed by atoms with Gasteiger partial charge in [-0.3, -0.25) is 4.98 Å². The van der Waals surface area contributed by atoms with Gasteiger partial charge in [0.1, 0.15) is 19.0 Å². The molecule has 1 fully saturated rings. The summed E-state index contributed by atoms with van der Waals surface area (Å²) in [6.07, 6.45) is 1.70. The minimum atomic E-state index is -0.422. The van der Waals surface area contributed by atoms with Gasteiger partial charge in [0.05, 0.1) is 35.2 Å². The van der Waals surface area contributed by atoms with Crippen LogP contribution in [0.15, 0.2) is 48.7 Å². The first-order chi connectivity index (χ1) is 14.8. The van der Waals surface area contributed by atoms with Crippen LogP contribution in [0.1, 0.15) is 33.4 Å². The van der Waals surface area contributed by atoms with Gasteiger partial charge in [-0.1, -0.05) is 18.2 Å². The molecule has 162 valence electrons. The summed E-state index contributed by atoms with van der Waals surface area (Å²) in [6.45, 7) is 8.71. The molecule has 3 heterocycles. The summed E-state index contributed by atoms with van der Waals surface area (Å²) in [6, 6.07) is 13.2. The van der Waals surface area contributed by atoms with Gasteiger partial charge in [0.25, 0.3) is 0 Å². The molecule has 0 aliphatic carbocycles. The molecule has 3 aromatic rings. The van der Waals surface area contributed by atoms with Crippen molar-refractivity contribution in [3.8, 4) is 11.6 Å². The predicted molar refractivity (Wildman–Crippen MR) is 119 cm³/mol. The van der Waals surface area contributed by atoms with E-state index >= 15 is 0 Å². The molecule has 1 N–H and O–H groups in total. The second-order valence-corrected chi connectivity index (χ2v) is 8.53. The third-order valence-corrected chi connectivity index (χ3v) is 5.75. The van der Waals surface area contributed by atoms with Gasteiger partial charge < -0.3 is 23.9 Å². The summed E-state index contributed by atoms with van der Waals surface area (Å²) < 4.78 is 23.7. The lowest BCUT2D eigenvalue weighted by atomic mass is 9.78. The largest absolute Gasteiger partial charge is 0.494 e. The van der Waals surface area contributed by atoms with Crippen LogP contribution in [0.4, 0.5) is 0 Å². The zero-order valence-corrected chi connectivity index (χ0v) is 18.3. The van der Waals surface area contributed by atoms with Crippen LogP contribution < -0.4 is 14.9 Å². The third kappa shape index (κ3) is 4.66. The lowest BCUT2D eigenvalue weighted by molar-refractivity contribution is 0.00578. The number of hydrogen-bond donors (Lipinski definition) is 1. The first-order valence-corrected chi connectivity index (χ1v) is 10.4. The number of benzene rings is 1. The molecule has 1 aromatic carbocycles. The number of nitrogens with zero attached hydrogens (tertiary/aromatic N) is 2. The van der Waals surface area contributed by atoms with Gasteiger partial charge in [0, 0.05) is 11.5 Å². The van der Waals surface area contributed by atoms with Crippen LogP contribution in [0, 0.1) is 0 Å².